The molecule has 3 aliphatic rings. The van der Waals surface area contributed by atoms with Crippen molar-refractivity contribution in [2.75, 3.05) is 44.2 Å². The highest BCUT2D eigenvalue weighted by Crippen LogP contribution is 2.45. The van der Waals surface area contributed by atoms with Crippen molar-refractivity contribution < 1.29 is 4.74 Å². The number of anilines is 1. The normalized spacial score (nSPS) is 28.5. The van der Waals surface area contributed by atoms with Crippen molar-refractivity contribution in [2.45, 2.75) is 104 Å². The van der Waals surface area contributed by atoms with Crippen molar-refractivity contribution in [3.63, 3.8) is 0 Å². The lowest BCUT2D eigenvalue weighted by Gasteiger charge is -2.40. The van der Waals surface area contributed by atoms with Gasteiger partial charge in [0.2, 0.25) is 0 Å². The van der Waals surface area contributed by atoms with Crippen LogP contribution in [0.5, 0.6) is 0 Å². The molecule has 35 heavy (non-hydrogen) atoms. The van der Waals surface area contributed by atoms with Crippen LogP contribution in [-0.4, -0.2) is 56.4 Å². The van der Waals surface area contributed by atoms with Crippen molar-refractivity contribution in [1.29, 1.82) is 0 Å². The van der Waals surface area contributed by atoms with Gasteiger partial charge in [-0.25, -0.2) is 0 Å². The van der Waals surface area contributed by atoms with Crippen LogP contribution in [0, 0.1) is 11.3 Å². The molecular formula is C30H52ClN3O. The summed E-state index contributed by atoms with van der Waals surface area (Å²) in [4.78, 5) is 5.34. The van der Waals surface area contributed by atoms with Gasteiger partial charge in [-0.15, -0.1) is 12.4 Å². The highest BCUT2D eigenvalue weighted by Gasteiger charge is 2.32. The summed E-state index contributed by atoms with van der Waals surface area (Å²) in [6.07, 6.45) is 11.3. The number of benzene rings is 1. The molecule has 0 bridgehead atoms. The Balaban J connectivity index is 0.00000342. The first kappa shape index (κ1) is 28.8. The molecule has 2 heterocycles. The van der Waals surface area contributed by atoms with E-state index in [4.69, 9.17) is 10.5 Å². The summed E-state index contributed by atoms with van der Waals surface area (Å²) in [7, 11) is 0. The molecule has 4 nitrogen and oxygen atoms in total. The van der Waals surface area contributed by atoms with Crippen molar-refractivity contribution >= 4 is 18.1 Å². The Bertz CT molecular complexity index is 763. The number of halogens is 1. The number of hydrogen-bond acceptors (Lipinski definition) is 4. The zero-order chi connectivity index (χ0) is 24.1. The van der Waals surface area contributed by atoms with Gasteiger partial charge in [0.25, 0.3) is 0 Å². The number of nitrogens with zero attached hydrogens (tertiary/aromatic N) is 2. The molecule has 1 aromatic carbocycles. The minimum atomic E-state index is 0. The second kappa shape index (κ2) is 13.1. The third-order valence-electron chi connectivity index (χ3n) is 8.90. The molecule has 4 rings (SSSR count). The lowest BCUT2D eigenvalue weighted by atomic mass is 9.68. The molecule has 0 amide bonds. The fraction of sp³-hybridized carbons (Fsp3) is 0.800. The number of nitrogens with two attached hydrogens (primary N) is 1. The third-order valence-corrected chi connectivity index (χ3v) is 8.90. The molecule has 0 spiro atoms. The molecule has 0 radical (unpaired) electrons. The summed E-state index contributed by atoms with van der Waals surface area (Å²) >= 11 is 0. The zero-order valence-electron chi connectivity index (χ0n) is 22.9. The quantitative estimate of drug-likeness (QED) is 0.465. The summed E-state index contributed by atoms with van der Waals surface area (Å²) in [5.41, 5.74) is 11.3. The average molecular weight is 506 g/mol. The van der Waals surface area contributed by atoms with E-state index in [2.05, 4.69) is 55.7 Å². The van der Waals surface area contributed by atoms with E-state index < -0.39 is 0 Å². The Labute approximate surface area is 221 Å². The number of hydrogen-bond donors (Lipinski definition) is 1. The third kappa shape index (κ3) is 7.84. The molecule has 2 N–H and O–H groups in total. The maximum atomic E-state index is 6.25. The predicted octanol–water partition coefficient (Wildman–Crippen LogP) is 6.40. The van der Waals surface area contributed by atoms with Gasteiger partial charge in [-0.2, -0.15) is 0 Å². The number of ether oxygens (including phenoxy) is 1. The maximum Gasteiger partial charge on any atom is 0.0630 e. The molecule has 2 atom stereocenters. The van der Waals surface area contributed by atoms with Gasteiger partial charge in [0.05, 0.1) is 6.10 Å². The van der Waals surface area contributed by atoms with E-state index in [-0.39, 0.29) is 18.5 Å². The second-order valence-electron chi connectivity index (χ2n) is 12.5. The van der Waals surface area contributed by atoms with Gasteiger partial charge in [0, 0.05) is 44.5 Å². The largest absolute Gasteiger partial charge is 0.378 e. The second-order valence-corrected chi connectivity index (χ2v) is 12.5. The molecule has 1 aromatic rings. The summed E-state index contributed by atoms with van der Waals surface area (Å²) in [6, 6.07) is 7.69. The number of piperazine rings is 1. The minimum Gasteiger partial charge on any atom is -0.378 e. The molecule has 1 saturated carbocycles. The van der Waals surface area contributed by atoms with E-state index in [1.54, 1.807) is 5.56 Å². The highest BCUT2D eigenvalue weighted by atomic mass is 35.5. The first-order valence-electron chi connectivity index (χ1n) is 14.3. The van der Waals surface area contributed by atoms with Gasteiger partial charge in [-0.3, -0.25) is 4.90 Å². The van der Waals surface area contributed by atoms with Crippen LogP contribution >= 0.6 is 12.4 Å². The molecule has 0 aromatic heterocycles. The lowest BCUT2D eigenvalue weighted by molar-refractivity contribution is 0.00866. The van der Waals surface area contributed by atoms with Crippen LogP contribution < -0.4 is 10.6 Å². The van der Waals surface area contributed by atoms with E-state index in [9.17, 15) is 0 Å². The van der Waals surface area contributed by atoms with Crippen molar-refractivity contribution in [3.8, 4) is 0 Å². The van der Waals surface area contributed by atoms with Crippen LogP contribution in [0.3, 0.4) is 0 Å². The van der Waals surface area contributed by atoms with Crippen LogP contribution in [0.15, 0.2) is 18.2 Å². The minimum absolute atomic E-state index is 0. The van der Waals surface area contributed by atoms with Crippen LogP contribution in [0.4, 0.5) is 5.69 Å². The average Bonchev–Trinajstić information content (AvgIpc) is 2.83. The fourth-order valence-electron chi connectivity index (χ4n) is 6.53. The topological polar surface area (TPSA) is 41.7 Å². The molecule has 3 fully saturated rings. The monoisotopic (exact) mass is 505 g/mol. The van der Waals surface area contributed by atoms with Crippen molar-refractivity contribution in [1.82, 2.24) is 4.90 Å². The molecule has 5 heteroatoms. The number of rotatable bonds is 7. The first-order chi connectivity index (χ1) is 16.3. The van der Waals surface area contributed by atoms with E-state index in [0.717, 1.165) is 44.9 Å². The van der Waals surface area contributed by atoms with E-state index >= 15 is 0 Å². The van der Waals surface area contributed by atoms with Gasteiger partial charge in [0.15, 0.2) is 0 Å². The summed E-state index contributed by atoms with van der Waals surface area (Å²) in [6.45, 7) is 16.4. The highest BCUT2D eigenvalue weighted by molar-refractivity contribution is 5.85. The fourth-order valence-corrected chi connectivity index (χ4v) is 6.53. The predicted molar refractivity (Wildman–Crippen MR) is 152 cm³/mol. The van der Waals surface area contributed by atoms with Crippen LogP contribution in [-0.2, 0) is 11.2 Å². The summed E-state index contributed by atoms with van der Waals surface area (Å²) in [5.74, 6) is 1.55. The Morgan fingerprint density at radius 3 is 2.34 bits per heavy atom. The number of unbranched alkanes of at least 4 members (excludes halogenated alkanes) is 1. The van der Waals surface area contributed by atoms with Crippen LogP contribution in [0.2, 0.25) is 0 Å². The maximum absolute atomic E-state index is 6.25. The van der Waals surface area contributed by atoms with Crippen molar-refractivity contribution in [2.24, 2.45) is 17.1 Å². The van der Waals surface area contributed by atoms with Gasteiger partial charge >= 0.3 is 0 Å². The zero-order valence-corrected chi connectivity index (χ0v) is 23.8. The van der Waals surface area contributed by atoms with Crippen LogP contribution in [0.25, 0.3) is 0 Å². The van der Waals surface area contributed by atoms with Crippen molar-refractivity contribution in [3.05, 3.63) is 29.3 Å². The Morgan fingerprint density at radius 2 is 1.71 bits per heavy atom. The summed E-state index contributed by atoms with van der Waals surface area (Å²) in [5, 5.41) is 0. The molecule has 200 valence electrons. The van der Waals surface area contributed by atoms with E-state index in [1.807, 2.05) is 0 Å². The van der Waals surface area contributed by atoms with Gasteiger partial charge in [-0.05, 0) is 92.4 Å². The van der Waals surface area contributed by atoms with Gasteiger partial charge < -0.3 is 15.4 Å². The first-order valence-corrected chi connectivity index (χ1v) is 14.3. The molecule has 1 aliphatic carbocycles. The molecular weight excluding hydrogens is 454 g/mol. The van der Waals surface area contributed by atoms with Gasteiger partial charge in [0.1, 0.15) is 0 Å². The molecule has 2 unspecified atom stereocenters. The summed E-state index contributed by atoms with van der Waals surface area (Å²) < 4.78 is 6.08. The van der Waals surface area contributed by atoms with Gasteiger partial charge in [-0.1, -0.05) is 46.2 Å². The Kier molecular flexibility index (Phi) is 10.8. The van der Waals surface area contributed by atoms with Crippen LogP contribution in [0.1, 0.15) is 96.1 Å². The lowest BCUT2D eigenvalue weighted by Crippen LogP contribution is -2.47. The van der Waals surface area contributed by atoms with E-state index in [0.29, 0.717) is 17.4 Å². The Morgan fingerprint density at radius 1 is 1.00 bits per heavy atom. The Hall–Kier alpha value is -0.810. The molecule has 2 saturated heterocycles. The van der Waals surface area contributed by atoms with E-state index in [1.165, 1.54) is 69.4 Å². The smallest absolute Gasteiger partial charge is 0.0630 e. The standard InChI is InChI=1S/C30H51N3O.ClH/c1-5-6-14-32-15-17-33(18-16-32)29-12-7-23(20-27-22-26(31)13-19-34-27)21-28(29)24-8-10-25(11-9-24)30(2,3)4;/h7,12,21,24-27H,5-6,8-11,13-20,22,31H2,1-4H3;1H. The molecule has 2 aliphatic heterocycles. The SMILES string of the molecule is CCCCN1CCN(c2ccc(CC3CC(N)CCO3)cc2C2CCC(C(C)(C)C)CC2)CC1.Cl.